The van der Waals surface area contributed by atoms with Crippen molar-refractivity contribution in [3.8, 4) is 0 Å². The Balaban J connectivity index is 0.00000187. The van der Waals surface area contributed by atoms with E-state index in [0.29, 0.717) is 49.0 Å². The number of methoxy groups -OCH3 is 1. The number of aryl methyl sites for hydroxylation is 2. The highest BCUT2D eigenvalue weighted by Gasteiger charge is 2.32. The number of esters is 1. The van der Waals surface area contributed by atoms with Gasteiger partial charge in [0.1, 0.15) is 6.29 Å². The van der Waals surface area contributed by atoms with E-state index in [9.17, 15) is 19.8 Å². The number of hydrogen-bond acceptors (Lipinski definition) is 6. The number of carbonyl (C=O) groups excluding carboxylic acids is 2. The summed E-state index contributed by atoms with van der Waals surface area (Å²) in [6, 6.07) is 7.31. The fourth-order valence-corrected chi connectivity index (χ4v) is 6.25. The van der Waals surface area contributed by atoms with Crippen LogP contribution in [-0.4, -0.2) is 56.0 Å². The molecule has 1 aliphatic rings. The monoisotopic (exact) mass is 628 g/mol. The Kier molecular flexibility index (Phi) is 20.9. The second-order valence-corrected chi connectivity index (χ2v) is 13.3. The smallest absolute Gasteiger partial charge is 0.333 e. The topological polar surface area (TPSA) is 93.1 Å². The van der Waals surface area contributed by atoms with E-state index >= 15 is 0 Å². The fourth-order valence-electron chi connectivity index (χ4n) is 6.25. The molecule has 1 aliphatic carbocycles. The molecule has 0 spiro atoms. The second-order valence-electron chi connectivity index (χ2n) is 13.3. The standard InChI is InChI=1S/C35H58O5.C4H6O/c1-6-9-10-11-31-18-19-33(22-30(31)7-2)32-16-14-28(15-17-32)20-21-35(8-3,25-39-5)26-40-34(38)27(4)12-13-29(23-36)24-37;1-4(2)3-5/h18-19,22,28-29,32,36-37H,4,6-17,20-21,23-26H2,1-3,5H3;3H,1H2,2H3. The fraction of sp³-hybridized carbons (Fsp3) is 0.692. The van der Waals surface area contributed by atoms with Gasteiger partial charge in [0.15, 0.2) is 0 Å². The van der Waals surface area contributed by atoms with Gasteiger partial charge in [-0.3, -0.25) is 4.79 Å². The normalized spacial score (nSPS) is 17.6. The molecule has 6 nitrogen and oxygen atoms in total. The average Bonchev–Trinajstić information content (AvgIpc) is 3.07. The Morgan fingerprint density at radius 1 is 1.04 bits per heavy atom. The number of aldehydes is 1. The highest BCUT2D eigenvalue weighted by atomic mass is 16.5. The molecule has 1 saturated carbocycles. The first kappa shape index (κ1) is 40.7. The quantitative estimate of drug-likeness (QED) is 0.0616. The largest absolute Gasteiger partial charge is 0.462 e. The molecule has 0 radical (unpaired) electrons. The van der Waals surface area contributed by atoms with E-state index in [1.54, 1.807) is 25.2 Å². The third-order valence-corrected chi connectivity index (χ3v) is 9.63. The predicted octanol–water partition coefficient (Wildman–Crippen LogP) is 8.32. The third-order valence-electron chi connectivity index (χ3n) is 9.63. The molecule has 0 aliphatic heterocycles. The van der Waals surface area contributed by atoms with E-state index in [-0.39, 0.29) is 30.5 Å². The molecule has 0 bridgehead atoms. The highest BCUT2D eigenvalue weighted by molar-refractivity contribution is 5.87. The first-order valence-electron chi connectivity index (χ1n) is 17.4. The van der Waals surface area contributed by atoms with Gasteiger partial charge in [-0.05, 0) is 118 Å². The summed E-state index contributed by atoms with van der Waals surface area (Å²) in [5.74, 6) is 0.764. The minimum absolute atomic E-state index is 0.0985. The second kappa shape index (κ2) is 23.1. The molecule has 0 saturated heterocycles. The minimum Gasteiger partial charge on any atom is -0.462 e. The van der Waals surface area contributed by atoms with Crippen molar-refractivity contribution < 1.29 is 29.3 Å². The van der Waals surface area contributed by atoms with Gasteiger partial charge in [0, 0.05) is 37.2 Å². The first-order valence-corrected chi connectivity index (χ1v) is 17.4. The van der Waals surface area contributed by atoms with Crippen LogP contribution in [0.5, 0.6) is 0 Å². The van der Waals surface area contributed by atoms with Gasteiger partial charge >= 0.3 is 5.97 Å². The zero-order chi connectivity index (χ0) is 33.7. The van der Waals surface area contributed by atoms with Crippen molar-refractivity contribution in [3.05, 3.63) is 59.2 Å². The van der Waals surface area contributed by atoms with E-state index in [0.717, 1.165) is 32.0 Å². The number of allylic oxidation sites excluding steroid dienone is 1. The highest BCUT2D eigenvalue weighted by Crippen LogP contribution is 2.41. The summed E-state index contributed by atoms with van der Waals surface area (Å²) in [7, 11) is 1.72. The van der Waals surface area contributed by atoms with Crippen molar-refractivity contribution in [2.45, 2.75) is 124 Å². The Morgan fingerprint density at radius 3 is 2.24 bits per heavy atom. The summed E-state index contributed by atoms with van der Waals surface area (Å²) < 4.78 is 11.4. The Bertz CT molecular complexity index is 1000. The van der Waals surface area contributed by atoms with Crippen LogP contribution < -0.4 is 0 Å². The Labute approximate surface area is 274 Å². The molecular formula is C39H64O6. The van der Waals surface area contributed by atoms with Crippen LogP contribution in [0.15, 0.2) is 42.5 Å². The number of hydrogen-bond donors (Lipinski definition) is 2. The van der Waals surface area contributed by atoms with Crippen molar-refractivity contribution in [2.24, 2.45) is 17.3 Å². The zero-order valence-corrected chi connectivity index (χ0v) is 29.2. The van der Waals surface area contributed by atoms with E-state index in [2.05, 4.69) is 52.1 Å². The molecule has 0 amide bonds. The number of ether oxygens (including phenoxy) is 2. The maximum Gasteiger partial charge on any atom is 0.333 e. The summed E-state index contributed by atoms with van der Waals surface area (Å²) in [4.78, 5) is 22.0. The molecule has 45 heavy (non-hydrogen) atoms. The van der Waals surface area contributed by atoms with Gasteiger partial charge in [0.25, 0.3) is 0 Å². The molecule has 1 aromatic carbocycles. The van der Waals surface area contributed by atoms with Crippen LogP contribution in [0.2, 0.25) is 0 Å². The van der Waals surface area contributed by atoms with E-state index in [4.69, 9.17) is 9.47 Å². The van der Waals surface area contributed by atoms with Crippen LogP contribution in [0.3, 0.4) is 0 Å². The molecule has 1 aromatic rings. The molecule has 2 N–H and O–H groups in total. The molecule has 0 heterocycles. The van der Waals surface area contributed by atoms with Crippen LogP contribution in [0, 0.1) is 17.3 Å². The third kappa shape index (κ3) is 15.2. The van der Waals surface area contributed by atoms with Gasteiger partial charge in [0.2, 0.25) is 0 Å². The lowest BCUT2D eigenvalue weighted by Crippen LogP contribution is -2.33. The summed E-state index contributed by atoms with van der Waals surface area (Å²) in [6.45, 7) is 16.3. The number of aliphatic hydroxyl groups is 2. The van der Waals surface area contributed by atoms with Crippen LogP contribution in [0.1, 0.15) is 127 Å². The molecule has 1 atom stereocenters. The van der Waals surface area contributed by atoms with Gasteiger partial charge in [-0.1, -0.05) is 65.0 Å². The van der Waals surface area contributed by atoms with Gasteiger partial charge < -0.3 is 19.7 Å². The molecular weight excluding hydrogens is 564 g/mol. The van der Waals surface area contributed by atoms with Crippen LogP contribution in [-0.2, 0) is 31.9 Å². The zero-order valence-electron chi connectivity index (χ0n) is 29.2. The molecule has 6 heteroatoms. The van der Waals surface area contributed by atoms with Crippen LogP contribution >= 0.6 is 0 Å². The predicted molar refractivity (Wildman–Crippen MR) is 185 cm³/mol. The summed E-state index contributed by atoms with van der Waals surface area (Å²) in [6.07, 6.45) is 15.9. The minimum atomic E-state index is -0.383. The van der Waals surface area contributed by atoms with Gasteiger partial charge in [-0.15, -0.1) is 0 Å². The molecule has 1 unspecified atom stereocenters. The lowest BCUT2D eigenvalue weighted by Gasteiger charge is -2.35. The first-order chi connectivity index (χ1) is 21.6. The number of rotatable bonds is 21. The lowest BCUT2D eigenvalue weighted by molar-refractivity contribution is -0.144. The number of carbonyl (C=O) groups is 2. The summed E-state index contributed by atoms with van der Waals surface area (Å²) in [5, 5.41) is 18.5. The molecule has 2 rings (SSSR count). The van der Waals surface area contributed by atoms with Crippen molar-refractivity contribution >= 4 is 12.3 Å². The SMILES string of the molecule is C=C(C)C=O.C=C(CCC(CO)CO)C(=O)OCC(CC)(CCC1CCC(c2ccc(CCCCC)c(CC)c2)CC1)COC. The van der Waals surface area contributed by atoms with Crippen molar-refractivity contribution in [2.75, 3.05) is 33.5 Å². The summed E-state index contributed by atoms with van der Waals surface area (Å²) >= 11 is 0. The van der Waals surface area contributed by atoms with Crippen LogP contribution in [0.25, 0.3) is 0 Å². The van der Waals surface area contributed by atoms with E-state index in [1.165, 1.54) is 56.9 Å². The number of aliphatic hydroxyl groups excluding tert-OH is 2. The average molecular weight is 629 g/mol. The Morgan fingerprint density at radius 2 is 1.71 bits per heavy atom. The van der Waals surface area contributed by atoms with Gasteiger partial charge in [0.05, 0.1) is 13.2 Å². The maximum atomic E-state index is 12.6. The van der Waals surface area contributed by atoms with Crippen molar-refractivity contribution in [1.29, 1.82) is 0 Å². The van der Waals surface area contributed by atoms with Crippen molar-refractivity contribution in [1.82, 2.24) is 0 Å². The molecule has 1 fully saturated rings. The van der Waals surface area contributed by atoms with Gasteiger partial charge in [-0.25, -0.2) is 4.79 Å². The van der Waals surface area contributed by atoms with Crippen LogP contribution in [0.4, 0.5) is 0 Å². The Hall–Kier alpha value is -2.28. The number of unbranched alkanes of at least 4 members (excludes halogenated alkanes) is 2. The van der Waals surface area contributed by atoms with E-state index < -0.39 is 0 Å². The molecule has 0 aromatic heterocycles. The maximum absolute atomic E-state index is 12.6. The van der Waals surface area contributed by atoms with Gasteiger partial charge in [-0.2, -0.15) is 0 Å². The van der Waals surface area contributed by atoms with Crippen molar-refractivity contribution in [3.63, 3.8) is 0 Å². The van der Waals surface area contributed by atoms with E-state index in [1.807, 2.05) is 0 Å². The number of benzene rings is 1. The molecule has 256 valence electrons. The summed E-state index contributed by atoms with van der Waals surface area (Å²) in [5.41, 5.74) is 5.41. The lowest BCUT2D eigenvalue weighted by atomic mass is 9.73.